The molecule has 0 aliphatic carbocycles. The van der Waals surface area contributed by atoms with Crippen molar-refractivity contribution < 1.29 is 4.79 Å². The van der Waals surface area contributed by atoms with Gasteiger partial charge in [-0.1, -0.05) is 31.0 Å². The van der Waals surface area contributed by atoms with Gasteiger partial charge in [-0.15, -0.1) is 0 Å². The summed E-state index contributed by atoms with van der Waals surface area (Å²) in [6.45, 7) is 4.81. The lowest BCUT2D eigenvalue weighted by Crippen LogP contribution is -2.28. The summed E-state index contributed by atoms with van der Waals surface area (Å²) in [5.74, 6) is -0.0519. The molecule has 0 aliphatic rings. The maximum absolute atomic E-state index is 12.2. The van der Waals surface area contributed by atoms with E-state index in [9.17, 15) is 4.79 Å². The van der Waals surface area contributed by atoms with Crippen LogP contribution in [0, 0.1) is 6.92 Å². The minimum atomic E-state index is -0.0519. The van der Waals surface area contributed by atoms with Crippen LogP contribution in [0.4, 0.5) is 11.4 Å². The van der Waals surface area contributed by atoms with Crippen molar-refractivity contribution in [3.05, 3.63) is 52.8 Å². The lowest BCUT2D eigenvalue weighted by molar-refractivity contribution is 0.0787. The van der Waals surface area contributed by atoms with Gasteiger partial charge >= 0.3 is 0 Å². The molecule has 1 N–H and O–H groups in total. The van der Waals surface area contributed by atoms with Crippen LogP contribution in [0.25, 0.3) is 0 Å². The fourth-order valence-electron chi connectivity index (χ4n) is 2.19. The number of pyridine rings is 1. The Morgan fingerprint density at radius 3 is 2.74 bits per heavy atom. The highest BCUT2D eigenvalue weighted by Crippen LogP contribution is 2.25. The number of nitrogens with zero attached hydrogens (tertiary/aromatic N) is 2. The minimum absolute atomic E-state index is 0.0519. The van der Waals surface area contributed by atoms with Crippen molar-refractivity contribution in [2.24, 2.45) is 0 Å². The normalized spacial score (nSPS) is 10.4. The number of nitrogens with one attached hydrogen (secondary N) is 1. The average molecular weight is 332 g/mol. The molecule has 1 heterocycles. The van der Waals surface area contributed by atoms with E-state index in [-0.39, 0.29) is 5.91 Å². The van der Waals surface area contributed by atoms with E-state index in [2.05, 4.69) is 17.2 Å². The van der Waals surface area contributed by atoms with E-state index >= 15 is 0 Å². The molecule has 0 aliphatic heterocycles. The van der Waals surface area contributed by atoms with Crippen LogP contribution in [-0.2, 0) is 0 Å². The first-order valence-electron chi connectivity index (χ1n) is 7.76. The summed E-state index contributed by atoms with van der Waals surface area (Å²) in [6.07, 6.45) is 3.73. The zero-order chi connectivity index (χ0) is 16.8. The molecule has 23 heavy (non-hydrogen) atoms. The van der Waals surface area contributed by atoms with Gasteiger partial charge < -0.3 is 10.2 Å². The summed E-state index contributed by atoms with van der Waals surface area (Å²) < 4.78 is 0. The Morgan fingerprint density at radius 1 is 1.30 bits per heavy atom. The van der Waals surface area contributed by atoms with Crippen LogP contribution in [0.1, 0.15) is 35.8 Å². The molecule has 2 rings (SSSR count). The number of hydrogen-bond donors (Lipinski definition) is 1. The zero-order valence-electron chi connectivity index (χ0n) is 13.8. The van der Waals surface area contributed by atoms with Gasteiger partial charge in [-0.05, 0) is 43.2 Å². The van der Waals surface area contributed by atoms with Crippen LogP contribution in [0.3, 0.4) is 0 Å². The predicted octanol–water partition coefficient (Wildman–Crippen LogP) is 4.66. The quantitative estimate of drug-likeness (QED) is 0.837. The summed E-state index contributed by atoms with van der Waals surface area (Å²) >= 11 is 6.12. The molecule has 122 valence electrons. The van der Waals surface area contributed by atoms with E-state index in [1.165, 1.54) is 0 Å². The highest BCUT2D eigenvalue weighted by molar-refractivity contribution is 6.31. The van der Waals surface area contributed by atoms with Crippen molar-refractivity contribution in [2.45, 2.75) is 26.7 Å². The van der Waals surface area contributed by atoms with E-state index in [0.717, 1.165) is 36.3 Å². The van der Waals surface area contributed by atoms with Crippen molar-refractivity contribution in [3.63, 3.8) is 0 Å². The van der Waals surface area contributed by atoms with Crippen molar-refractivity contribution in [1.29, 1.82) is 0 Å². The van der Waals surface area contributed by atoms with Crippen molar-refractivity contribution in [3.8, 4) is 0 Å². The van der Waals surface area contributed by atoms with Crippen molar-refractivity contribution in [1.82, 2.24) is 9.88 Å². The Hall–Kier alpha value is -2.07. The van der Waals surface area contributed by atoms with Gasteiger partial charge in [0.2, 0.25) is 0 Å². The Bertz CT molecular complexity index is 670. The molecule has 0 saturated heterocycles. The van der Waals surface area contributed by atoms with Gasteiger partial charge in [-0.2, -0.15) is 0 Å². The highest BCUT2D eigenvalue weighted by atomic mass is 35.5. The van der Waals surface area contributed by atoms with Crippen molar-refractivity contribution >= 4 is 28.9 Å². The van der Waals surface area contributed by atoms with E-state index < -0.39 is 0 Å². The molecule has 2 aromatic rings. The molecule has 0 fully saturated rings. The fourth-order valence-corrected chi connectivity index (χ4v) is 2.36. The molecule has 1 aromatic heterocycles. The lowest BCUT2D eigenvalue weighted by atomic mass is 10.2. The SMILES string of the molecule is CCCCN(C)C(=O)c1ccc(Nc2cccc(Cl)c2C)cn1. The molecule has 5 heteroatoms. The third-order valence-electron chi connectivity index (χ3n) is 3.72. The summed E-state index contributed by atoms with van der Waals surface area (Å²) in [4.78, 5) is 18.2. The monoisotopic (exact) mass is 331 g/mol. The van der Waals surface area contributed by atoms with E-state index in [0.29, 0.717) is 10.7 Å². The molecule has 0 atom stereocenters. The van der Waals surface area contributed by atoms with Gasteiger partial charge in [0.05, 0.1) is 11.9 Å². The Kier molecular flexibility index (Phi) is 5.99. The number of amides is 1. The number of halogens is 1. The largest absolute Gasteiger partial charge is 0.354 e. The maximum atomic E-state index is 12.2. The smallest absolute Gasteiger partial charge is 0.272 e. The number of anilines is 2. The molecule has 1 aromatic carbocycles. The van der Waals surface area contributed by atoms with Gasteiger partial charge in [0, 0.05) is 24.3 Å². The molecule has 0 saturated carbocycles. The third-order valence-corrected chi connectivity index (χ3v) is 4.13. The van der Waals surface area contributed by atoms with Crippen LogP contribution in [-0.4, -0.2) is 29.4 Å². The molecule has 0 bridgehead atoms. The van der Waals surface area contributed by atoms with Crippen LogP contribution < -0.4 is 5.32 Å². The standard InChI is InChI=1S/C18H22ClN3O/c1-4-5-11-22(3)18(23)17-10-9-14(12-20-17)21-16-8-6-7-15(19)13(16)2/h6-10,12,21H,4-5,11H2,1-3H3. The Balaban J connectivity index is 2.07. The van der Waals surface area contributed by atoms with Crippen LogP contribution >= 0.6 is 11.6 Å². The Labute approximate surface area is 142 Å². The second kappa shape index (κ2) is 7.97. The molecular formula is C18H22ClN3O. The summed E-state index contributed by atoms with van der Waals surface area (Å²) in [5.41, 5.74) is 3.19. The number of aromatic nitrogens is 1. The van der Waals surface area contributed by atoms with E-state index in [1.54, 1.807) is 24.2 Å². The van der Waals surface area contributed by atoms with Gasteiger partial charge in [-0.3, -0.25) is 4.79 Å². The molecule has 0 spiro atoms. The molecule has 1 amide bonds. The summed E-state index contributed by atoms with van der Waals surface area (Å²) in [5, 5.41) is 3.99. The minimum Gasteiger partial charge on any atom is -0.354 e. The number of rotatable bonds is 6. The molecule has 0 radical (unpaired) electrons. The van der Waals surface area contributed by atoms with Crippen LogP contribution in [0.2, 0.25) is 5.02 Å². The van der Waals surface area contributed by atoms with Gasteiger partial charge in [0.25, 0.3) is 5.91 Å². The van der Waals surface area contributed by atoms with E-state index in [1.807, 2.05) is 31.2 Å². The second-order valence-electron chi connectivity index (χ2n) is 5.55. The fraction of sp³-hybridized carbons (Fsp3) is 0.333. The van der Waals surface area contributed by atoms with Crippen LogP contribution in [0.15, 0.2) is 36.5 Å². The highest BCUT2D eigenvalue weighted by Gasteiger charge is 2.12. The first kappa shape index (κ1) is 17.3. The number of hydrogen-bond acceptors (Lipinski definition) is 3. The zero-order valence-corrected chi connectivity index (χ0v) is 14.5. The van der Waals surface area contributed by atoms with Gasteiger partial charge in [0.15, 0.2) is 0 Å². The third kappa shape index (κ3) is 4.45. The lowest BCUT2D eigenvalue weighted by Gasteiger charge is -2.16. The second-order valence-corrected chi connectivity index (χ2v) is 5.96. The Morgan fingerprint density at radius 2 is 2.09 bits per heavy atom. The first-order valence-corrected chi connectivity index (χ1v) is 8.14. The maximum Gasteiger partial charge on any atom is 0.272 e. The average Bonchev–Trinajstić information content (AvgIpc) is 2.57. The van der Waals surface area contributed by atoms with Crippen molar-refractivity contribution in [2.75, 3.05) is 18.9 Å². The summed E-state index contributed by atoms with van der Waals surface area (Å²) in [7, 11) is 1.81. The van der Waals surface area contributed by atoms with Gasteiger partial charge in [0.1, 0.15) is 5.69 Å². The van der Waals surface area contributed by atoms with Crippen LogP contribution in [0.5, 0.6) is 0 Å². The van der Waals surface area contributed by atoms with E-state index in [4.69, 9.17) is 11.6 Å². The topological polar surface area (TPSA) is 45.2 Å². The number of carbonyl (C=O) groups is 1. The molecular weight excluding hydrogens is 310 g/mol. The molecule has 4 nitrogen and oxygen atoms in total. The molecule has 0 unspecified atom stereocenters. The number of unbranched alkanes of at least 4 members (excludes halogenated alkanes) is 1. The number of carbonyl (C=O) groups excluding carboxylic acids is 1. The number of benzene rings is 1. The predicted molar refractivity (Wildman–Crippen MR) is 95.6 cm³/mol. The van der Waals surface area contributed by atoms with Gasteiger partial charge in [-0.25, -0.2) is 4.98 Å². The summed E-state index contributed by atoms with van der Waals surface area (Å²) in [6, 6.07) is 9.31. The first-order chi connectivity index (χ1) is 11.0.